The van der Waals surface area contributed by atoms with Gasteiger partial charge in [0, 0.05) is 6.07 Å². The van der Waals surface area contributed by atoms with Crippen LogP contribution >= 0.6 is 0 Å². The third kappa shape index (κ3) is 1.93. The van der Waals surface area contributed by atoms with Crippen LogP contribution in [0.15, 0.2) is 48.0 Å². The van der Waals surface area contributed by atoms with Gasteiger partial charge in [-0.3, -0.25) is 4.57 Å². The quantitative estimate of drug-likeness (QED) is 0.674. The number of rotatable bonds is 3. The monoisotopic (exact) mass is 254 g/mol. The molecule has 0 N–H and O–H groups in total. The fourth-order valence-electron chi connectivity index (χ4n) is 1.90. The van der Waals surface area contributed by atoms with E-state index >= 15 is 0 Å². The highest BCUT2D eigenvalue weighted by atomic mass is 16.5. The molecule has 1 aromatic carbocycles. The average Bonchev–Trinajstić information content (AvgIpc) is 2.90. The van der Waals surface area contributed by atoms with Crippen LogP contribution in [0.5, 0.6) is 5.88 Å². The van der Waals surface area contributed by atoms with Crippen LogP contribution in [0.3, 0.4) is 0 Å². The van der Waals surface area contributed by atoms with Crippen molar-refractivity contribution in [2.24, 2.45) is 5.18 Å². The second-order valence-electron chi connectivity index (χ2n) is 3.94. The molecule has 19 heavy (non-hydrogen) atoms. The van der Waals surface area contributed by atoms with Crippen molar-refractivity contribution in [2.45, 2.75) is 0 Å². The highest BCUT2D eigenvalue weighted by molar-refractivity contribution is 5.80. The molecule has 0 saturated heterocycles. The highest BCUT2D eigenvalue weighted by Crippen LogP contribution is 2.23. The number of ether oxygens (including phenoxy) is 1. The Hall–Kier alpha value is -2.76. The van der Waals surface area contributed by atoms with Gasteiger partial charge in [-0.1, -0.05) is 0 Å². The van der Waals surface area contributed by atoms with Crippen LogP contribution in [-0.2, 0) is 0 Å². The van der Waals surface area contributed by atoms with E-state index in [2.05, 4.69) is 15.1 Å². The number of benzene rings is 1. The summed E-state index contributed by atoms with van der Waals surface area (Å²) in [5.41, 5.74) is 2.84. The summed E-state index contributed by atoms with van der Waals surface area (Å²) >= 11 is 0. The molecule has 0 aliphatic carbocycles. The van der Waals surface area contributed by atoms with Crippen molar-refractivity contribution in [3.63, 3.8) is 0 Å². The average molecular weight is 254 g/mol. The summed E-state index contributed by atoms with van der Waals surface area (Å²) in [6, 6.07) is 8.78. The highest BCUT2D eigenvalue weighted by Gasteiger charge is 2.06. The Balaban J connectivity index is 2.11. The Labute approximate surface area is 108 Å². The van der Waals surface area contributed by atoms with Gasteiger partial charge in [-0.05, 0) is 29.4 Å². The number of pyridine rings is 1. The van der Waals surface area contributed by atoms with Crippen molar-refractivity contribution >= 4 is 16.7 Å². The molecule has 0 aliphatic rings. The Bertz CT molecular complexity index is 734. The molecule has 0 unspecified atom stereocenters. The third-order valence-corrected chi connectivity index (χ3v) is 2.84. The first-order valence-electron chi connectivity index (χ1n) is 5.62. The van der Waals surface area contributed by atoms with Crippen LogP contribution in [0, 0.1) is 4.91 Å². The summed E-state index contributed by atoms with van der Waals surface area (Å²) < 4.78 is 6.91. The summed E-state index contributed by atoms with van der Waals surface area (Å²) in [5.74, 6) is 0.556. The van der Waals surface area contributed by atoms with Crippen LogP contribution in [-0.4, -0.2) is 21.6 Å². The van der Waals surface area contributed by atoms with Crippen LogP contribution in [0.4, 0.5) is 5.69 Å². The van der Waals surface area contributed by atoms with Gasteiger partial charge in [0.2, 0.25) is 5.88 Å². The number of methoxy groups -OCH3 is 1. The minimum atomic E-state index is 0.366. The van der Waals surface area contributed by atoms with Gasteiger partial charge in [0.15, 0.2) is 0 Å². The van der Waals surface area contributed by atoms with Crippen molar-refractivity contribution in [3.05, 3.63) is 47.8 Å². The standard InChI is InChI=1S/C13H10N4O2/c1-19-13-5-3-10(7-14-13)17-8-15-11-6-9(16-18)2-4-12(11)17/h2-8H,1H3. The maximum atomic E-state index is 10.5. The summed E-state index contributed by atoms with van der Waals surface area (Å²) in [6.07, 6.45) is 3.38. The van der Waals surface area contributed by atoms with Gasteiger partial charge in [0.1, 0.15) is 12.0 Å². The van der Waals surface area contributed by atoms with Crippen molar-refractivity contribution in [3.8, 4) is 11.6 Å². The number of nitrogens with zero attached hydrogens (tertiary/aromatic N) is 4. The fraction of sp³-hybridized carbons (Fsp3) is 0.0769. The molecule has 0 bridgehead atoms. The van der Waals surface area contributed by atoms with Gasteiger partial charge in [0.25, 0.3) is 0 Å². The zero-order chi connectivity index (χ0) is 13.2. The van der Waals surface area contributed by atoms with E-state index in [0.717, 1.165) is 11.2 Å². The SMILES string of the molecule is COc1ccc(-n2cnc3cc(N=O)ccc32)cn1. The number of nitroso groups, excluding NO2 is 1. The van der Waals surface area contributed by atoms with Crippen molar-refractivity contribution in [1.29, 1.82) is 0 Å². The first-order chi connectivity index (χ1) is 9.31. The fourth-order valence-corrected chi connectivity index (χ4v) is 1.90. The Morgan fingerprint density at radius 3 is 2.79 bits per heavy atom. The van der Waals surface area contributed by atoms with E-state index < -0.39 is 0 Å². The molecule has 2 heterocycles. The number of hydrogen-bond acceptors (Lipinski definition) is 5. The minimum Gasteiger partial charge on any atom is -0.481 e. The van der Waals surface area contributed by atoms with Crippen molar-refractivity contribution in [2.75, 3.05) is 7.11 Å². The van der Waals surface area contributed by atoms with Crippen molar-refractivity contribution < 1.29 is 4.74 Å². The zero-order valence-electron chi connectivity index (χ0n) is 10.1. The Kier molecular flexibility index (Phi) is 2.68. The molecule has 0 saturated carbocycles. The molecule has 0 fully saturated rings. The molecule has 0 aliphatic heterocycles. The van der Waals surface area contributed by atoms with E-state index in [0.29, 0.717) is 17.1 Å². The minimum absolute atomic E-state index is 0.366. The van der Waals surface area contributed by atoms with E-state index in [-0.39, 0.29) is 0 Å². The van der Waals surface area contributed by atoms with E-state index in [1.54, 1.807) is 37.8 Å². The predicted molar refractivity (Wildman–Crippen MR) is 70.9 cm³/mol. The summed E-state index contributed by atoms with van der Waals surface area (Å²) in [6.45, 7) is 0. The molecule has 3 rings (SSSR count). The summed E-state index contributed by atoms with van der Waals surface area (Å²) in [7, 11) is 1.57. The molecule has 94 valence electrons. The molecule has 3 aromatic rings. The third-order valence-electron chi connectivity index (χ3n) is 2.84. The maximum absolute atomic E-state index is 10.5. The molecular formula is C13H10N4O2. The summed E-state index contributed by atoms with van der Waals surface area (Å²) in [4.78, 5) is 18.9. The zero-order valence-corrected chi connectivity index (χ0v) is 10.1. The van der Waals surface area contributed by atoms with Crippen LogP contribution in [0.2, 0.25) is 0 Å². The first-order valence-corrected chi connectivity index (χ1v) is 5.62. The molecule has 0 atom stereocenters. The molecule has 0 spiro atoms. The van der Waals surface area contributed by atoms with E-state index in [4.69, 9.17) is 4.74 Å². The largest absolute Gasteiger partial charge is 0.481 e. The Morgan fingerprint density at radius 2 is 2.11 bits per heavy atom. The smallest absolute Gasteiger partial charge is 0.213 e. The Morgan fingerprint density at radius 1 is 1.21 bits per heavy atom. The molecule has 0 radical (unpaired) electrons. The maximum Gasteiger partial charge on any atom is 0.213 e. The molecule has 6 nitrogen and oxygen atoms in total. The van der Waals surface area contributed by atoms with Gasteiger partial charge < -0.3 is 4.74 Å². The van der Waals surface area contributed by atoms with Gasteiger partial charge >= 0.3 is 0 Å². The normalized spacial score (nSPS) is 10.6. The topological polar surface area (TPSA) is 69.4 Å². The van der Waals surface area contributed by atoms with E-state index in [1.165, 1.54) is 0 Å². The predicted octanol–water partition coefficient (Wildman–Crippen LogP) is 2.83. The van der Waals surface area contributed by atoms with Crippen LogP contribution in [0.1, 0.15) is 0 Å². The van der Waals surface area contributed by atoms with E-state index in [1.807, 2.05) is 16.7 Å². The lowest BCUT2D eigenvalue weighted by atomic mass is 10.2. The lowest BCUT2D eigenvalue weighted by molar-refractivity contribution is 0.398. The van der Waals surface area contributed by atoms with E-state index in [9.17, 15) is 4.91 Å². The number of aromatic nitrogens is 3. The van der Waals surface area contributed by atoms with Gasteiger partial charge in [-0.2, -0.15) is 0 Å². The second kappa shape index (κ2) is 4.49. The van der Waals surface area contributed by atoms with Gasteiger partial charge in [0.05, 0.1) is 30.0 Å². The van der Waals surface area contributed by atoms with Crippen LogP contribution < -0.4 is 4.74 Å². The second-order valence-corrected chi connectivity index (χ2v) is 3.94. The van der Waals surface area contributed by atoms with Crippen LogP contribution in [0.25, 0.3) is 16.7 Å². The first kappa shape index (κ1) is 11.3. The van der Waals surface area contributed by atoms with Gasteiger partial charge in [-0.25, -0.2) is 9.97 Å². The number of hydrogen-bond donors (Lipinski definition) is 0. The van der Waals surface area contributed by atoms with Gasteiger partial charge in [-0.15, -0.1) is 4.91 Å². The lowest BCUT2D eigenvalue weighted by Crippen LogP contribution is -1.94. The molecule has 6 heteroatoms. The number of imidazole rings is 1. The van der Waals surface area contributed by atoms with Crippen molar-refractivity contribution in [1.82, 2.24) is 14.5 Å². The lowest BCUT2D eigenvalue weighted by Gasteiger charge is -2.04. The molecule has 2 aromatic heterocycles. The molecular weight excluding hydrogens is 244 g/mol. The summed E-state index contributed by atoms with van der Waals surface area (Å²) in [5, 5.41) is 2.90. The number of fused-ring (bicyclic) bond motifs is 1. The molecule has 0 amide bonds.